The Hall–Kier alpha value is -3.93. The van der Waals surface area contributed by atoms with E-state index in [1.165, 1.54) is 18.2 Å². The van der Waals surface area contributed by atoms with Crippen LogP contribution in [0.3, 0.4) is 0 Å². The largest absolute Gasteiger partial charge is 0.465 e. The van der Waals surface area contributed by atoms with Gasteiger partial charge in [0.2, 0.25) is 0 Å². The lowest BCUT2D eigenvalue weighted by Gasteiger charge is -2.18. The second kappa shape index (κ2) is 12.2. The monoisotopic (exact) mass is 485 g/mol. The smallest absolute Gasteiger partial charge is 0.337 e. The number of rotatable bonds is 9. The summed E-state index contributed by atoms with van der Waals surface area (Å²) in [6.07, 6.45) is 8.43. The van der Waals surface area contributed by atoms with E-state index in [2.05, 4.69) is 38.6 Å². The number of anilines is 1. The molecule has 0 unspecified atom stereocenters. The molecular formula is C30H35N3O3. The molecule has 1 aliphatic heterocycles. The van der Waals surface area contributed by atoms with Crippen molar-refractivity contribution in [1.82, 2.24) is 0 Å². The number of benzene rings is 2. The van der Waals surface area contributed by atoms with Crippen molar-refractivity contribution in [3.63, 3.8) is 0 Å². The summed E-state index contributed by atoms with van der Waals surface area (Å²) in [5.74, 6) is -0.680. The molecule has 0 saturated carbocycles. The van der Waals surface area contributed by atoms with E-state index in [-0.39, 0.29) is 11.6 Å². The normalized spacial score (nSPS) is 14.0. The van der Waals surface area contributed by atoms with Crippen LogP contribution in [0.2, 0.25) is 0 Å². The lowest BCUT2D eigenvalue weighted by Crippen LogP contribution is -2.33. The third-order valence-corrected chi connectivity index (χ3v) is 6.38. The summed E-state index contributed by atoms with van der Waals surface area (Å²) in [4.78, 5) is 31.6. The Kier molecular flexibility index (Phi) is 9.01. The molecule has 3 rings (SSSR count). The molecule has 6 heteroatoms. The van der Waals surface area contributed by atoms with E-state index in [9.17, 15) is 9.59 Å². The maximum absolute atomic E-state index is 13.2. The number of hydrogen-bond donors (Lipinski definition) is 1. The zero-order valence-electron chi connectivity index (χ0n) is 21.6. The van der Waals surface area contributed by atoms with Crippen LogP contribution in [0, 0.1) is 0 Å². The van der Waals surface area contributed by atoms with Gasteiger partial charge in [0, 0.05) is 23.5 Å². The standard InChI is InChI=1S/C30H35N3O3/c1-6-10-27(22-12-11-20(7-2)21(8-3)17-22)32-25(9-4)19-26(31)29(34)33-16-15-23-18-24(30(35)36-5)13-14-28(23)33/h6,10-14,17-19H,1,7-9,15-16,31H2,2-5H3/b26-19-,27-10-,32-25+. The number of carbonyl (C=O) groups excluding carboxylic acids is 2. The van der Waals surface area contributed by atoms with Crippen LogP contribution >= 0.6 is 0 Å². The Balaban J connectivity index is 1.89. The predicted octanol–water partition coefficient (Wildman–Crippen LogP) is 5.41. The van der Waals surface area contributed by atoms with E-state index in [1.54, 1.807) is 35.3 Å². The van der Waals surface area contributed by atoms with Crippen molar-refractivity contribution < 1.29 is 14.3 Å². The Morgan fingerprint density at radius 2 is 1.81 bits per heavy atom. The van der Waals surface area contributed by atoms with E-state index in [0.717, 1.165) is 35.4 Å². The number of amides is 1. The van der Waals surface area contributed by atoms with Crippen LogP contribution in [-0.4, -0.2) is 31.2 Å². The van der Waals surface area contributed by atoms with E-state index in [1.807, 2.05) is 13.0 Å². The molecule has 0 aromatic heterocycles. The number of nitrogens with zero attached hydrogens (tertiary/aromatic N) is 2. The van der Waals surface area contributed by atoms with Gasteiger partial charge in [-0.2, -0.15) is 0 Å². The fourth-order valence-electron chi connectivity index (χ4n) is 4.39. The van der Waals surface area contributed by atoms with Crippen LogP contribution in [0.5, 0.6) is 0 Å². The van der Waals surface area contributed by atoms with E-state index in [0.29, 0.717) is 30.7 Å². The van der Waals surface area contributed by atoms with Gasteiger partial charge in [0.1, 0.15) is 0 Å². The highest BCUT2D eigenvalue weighted by Crippen LogP contribution is 2.30. The van der Waals surface area contributed by atoms with Crippen molar-refractivity contribution in [2.24, 2.45) is 10.7 Å². The van der Waals surface area contributed by atoms with Gasteiger partial charge in [-0.1, -0.05) is 45.6 Å². The molecule has 2 aromatic carbocycles. The zero-order valence-corrected chi connectivity index (χ0v) is 21.6. The highest BCUT2D eigenvalue weighted by atomic mass is 16.5. The minimum atomic E-state index is -0.399. The van der Waals surface area contributed by atoms with Crippen molar-refractivity contribution in [2.75, 3.05) is 18.6 Å². The number of carbonyl (C=O) groups is 2. The number of esters is 1. The number of nitrogens with two attached hydrogens (primary N) is 1. The molecule has 1 heterocycles. The van der Waals surface area contributed by atoms with Crippen LogP contribution in [0.15, 0.2) is 71.9 Å². The van der Waals surface area contributed by atoms with Gasteiger partial charge in [-0.25, -0.2) is 4.79 Å². The van der Waals surface area contributed by atoms with Gasteiger partial charge in [0.05, 0.1) is 24.1 Å². The molecule has 6 nitrogen and oxygen atoms in total. The predicted molar refractivity (Wildman–Crippen MR) is 147 cm³/mol. The number of aliphatic imine (C=N–C) groups is 1. The number of allylic oxidation sites excluding steroid dienone is 3. The first-order valence-corrected chi connectivity index (χ1v) is 12.4. The van der Waals surface area contributed by atoms with Gasteiger partial charge in [-0.15, -0.1) is 0 Å². The lowest BCUT2D eigenvalue weighted by molar-refractivity contribution is -0.115. The number of fused-ring (bicyclic) bond motifs is 1. The average molecular weight is 486 g/mol. The van der Waals surface area contributed by atoms with Gasteiger partial charge in [-0.05, 0) is 78.8 Å². The molecule has 0 saturated heterocycles. The maximum Gasteiger partial charge on any atom is 0.337 e. The summed E-state index contributed by atoms with van der Waals surface area (Å²) in [5, 5.41) is 0. The Bertz CT molecular complexity index is 1250. The van der Waals surface area contributed by atoms with Crippen LogP contribution in [0.1, 0.15) is 59.8 Å². The summed E-state index contributed by atoms with van der Waals surface area (Å²) in [6, 6.07) is 11.6. The molecule has 1 aliphatic rings. The summed E-state index contributed by atoms with van der Waals surface area (Å²) < 4.78 is 4.80. The second-order valence-electron chi connectivity index (χ2n) is 8.58. The molecule has 0 fully saturated rings. The number of ether oxygens (including phenoxy) is 1. The molecule has 0 atom stereocenters. The maximum atomic E-state index is 13.2. The number of methoxy groups -OCH3 is 1. The number of hydrogen-bond acceptors (Lipinski definition) is 5. The second-order valence-corrected chi connectivity index (χ2v) is 8.58. The van der Waals surface area contributed by atoms with Gasteiger partial charge in [0.25, 0.3) is 5.91 Å². The minimum Gasteiger partial charge on any atom is -0.465 e. The fraction of sp³-hybridized carbons (Fsp3) is 0.300. The molecule has 36 heavy (non-hydrogen) atoms. The highest BCUT2D eigenvalue weighted by molar-refractivity contribution is 6.11. The van der Waals surface area contributed by atoms with E-state index >= 15 is 0 Å². The fourth-order valence-corrected chi connectivity index (χ4v) is 4.39. The number of aryl methyl sites for hydroxylation is 2. The molecule has 1 amide bonds. The first-order chi connectivity index (χ1) is 17.4. The van der Waals surface area contributed by atoms with Crippen LogP contribution in [0.25, 0.3) is 5.70 Å². The van der Waals surface area contributed by atoms with Gasteiger partial charge in [0.15, 0.2) is 0 Å². The van der Waals surface area contributed by atoms with Crippen LogP contribution < -0.4 is 10.6 Å². The molecule has 2 N–H and O–H groups in total. The summed E-state index contributed by atoms with van der Waals surface area (Å²) in [5.41, 5.74) is 13.6. The Labute approximate surface area is 213 Å². The third kappa shape index (κ3) is 5.82. The van der Waals surface area contributed by atoms with Gasteiger partial charge >= 0.3 is 5.97 Å². The van der Waals surface area contributed by atoms with Crippen LogP contribution in [-0.2, 0) is 28.8 Å². The van der Waals surface area contributed by atoms with E-state index in [4.69, 9.17) is 15.5 Å². The van der Waals surface area contributed by atoms with Crippen molar-refractivity contribution in [3.05, 3.63) is 94.7 Å². The van der Waals surface area contributed by atoms with Crippen molar-refractivity contribution in [3.8, 4) is 0 Å². The molecular weight excluding hydrogens is 450 g/mol. The van der Waals surface area contributed by atoms with Crippen molar-refractivity contribution in [1.29, 1.82) is 0 Å². The molecule has 0 aliphatic carbocycles. The molecule has 0 radical (unpaired) electrons. The van der Waals surface area contributed by atoms with Crippen molar-refractivity contribution in [2.45, 2.75) is 46.5 Å². The van der Waals surface area contributed by atoms with Crippen molar-refractivity contribution >= 4 is 29.0 Å². The first-order valence-electron chi connectivity index (χ1n) is 12.4. The third-order valence-electron chi connectivity index (χ3n) is 6.38. The van der Waals surface area contributed by atoms with Gasteiger partial charge in [-0.3, -0.25) is 9.79 Å². The highest BCUT2D eigenvalue weighted by Gasteiger charge is 2.27. The van der Waals surface area contributed by atoms with E-state index < -0.39 is 5.97 Å². The van der Waals surface area contributed by atoms with Gasteiger partial charge < -0.3 is 15.4 Å². The molecule has 0 bridgehead atoms. The molecule has 0 spiro atoms. The summed E-state index contributed by atoms with van der Waals surface area (Å²) >= 11 is 0. The Morgan fingerprint density at radius 1 is 1.08 bits per heavy atom. The average Bonchev–Trinajstić information content (AvgIpc) is 3.34. The SMILES string of the molecule is C=C\C=C(/N=C(/C=C(\N)C(=O)N1CCc2cc(C(=O)OC)ccc21)CC)c1ccc(CC)c(CC)c1. The zero-order chi connectivity index (χ0) is 26.2. The quantitative estimate of drug-likeness (QED) is 0.223. The topological polar surface area (TPSA) is 85.0 Å². The first kappa shape index (κ1) is 26.7. The minimum absolute atomic E-state index is 0.119. The lowest BCUT2D eigenvalue weighted by atomic mass is 9.98. The molecule has 188 valence electrons. The summed E-state index contributed by atoms with van der Waals surface area (Å²) in [6.45, 7) is 10.6. The van der Waals surface area contributed by atoms with Crippen LogP contribution in [0.4, 0.5) is 5.69 Å². The molecule has 2 aromatic rings. The Morgan fingerprint density at radius 3 is 2.44 bits per heavy atom. The summed E-state index contributed by atoms with van der Waals surface area (Å²) in [7, 11) is 1.35.